The molecular formula is C39H25N3O. The Balaban J connectivity index is 1.25. The third-order valence-corrected chi connectivity index (χ3v) is 7.44. The van der Waals surface area contributed by atoms with Crippen molar-refractivity contribution in [3.05, 3.63) is 152 Å². The lowest BCUT2D eigenvalue weighted by atomic mass is 9.99. The van der Waals surface area contributed by atoms with Gasteiger partial charge in [0.15, 0.2) is 17.5 Å². The van der Waals surface area contributed by atoms with E-state index in [1.54, 1.807) is 24.3 Å². The summed E-state index contributed by atoms with van der Waals surface area (Å²) in [5, 5.41) is 2.04. The van der Waals surface area contributed by atoms with Gasteiger partial charge >= 0.3 is 0 Å². The van der Waals surface area contributed by atoms with Crippen LogP contribution < -0.4 is 0 Å². The van der Waals surface area contributed by atoms with Crippen LogP contribution in [0.3, 0.4) is 0 Å². The average molecular weight is 557 g/mol. The molecule has 0 saturated carbocycles. The summed E-state index contributed by atoms with van der Waals surface area (Å²) in [6.07, 6.45) is 0. The fourth-order valence-corrected chi connectivity index (χ4v) is 5.35. The van der Waals surface area contributed by atoms with Crippen molar-refractivity contribution in [2.24, 2.45) is 0 Å². The average Bonchev–Trinajstić information content (AvgIpc) is 3.52. The molecule has 0 bridgehead atoms. The summed E-state index contributed by atoms with van der Waals surface area (Å²) in [6.45, 7) is 0. The molecule has 0 unspecified atom stereocenters. The fourth-order valence-electron chi connectivity index (χ4n) is 5.35. The van der Waals surface area contributed by atoms with Gasteiger partial charge in [-0.3, -0.25) is 0 Å². The zero-order valence-corrected chi connectivity index (χ0v) is 22.8. The maximum absolute atomic E-state index is 8.37. The molecule has 0 amide bonds. The van der Waals surface area contributed by atoms with Gasteiger partial charge in [0.2, 0.25) is 0 Å². The highest BCUT2D eigenvalue weighted by Crippen LogP contribution is 2.38. The highest BCUT2D eigenvalue weighted by atomic mass is 16.3. The van der Waals surface area contributed by atoms with E-state index in [-0.39, 0.29) is 29.7 Å². The molecule has 2 aromatic heterocycles. The van der Waals surface area contributed by atoms with E-state index < -0.39 is 6.04 Å². The maximum Gasteiger partial charge on any atom is 0.164 e. The Bertz CT molecular complexity index is 2470. The van der Waals surface area contributed by atoms with E-state index in [2.05, 4.69) is 18.2 Å². The van der Waals surface area contributed by atoms with Crippen molar-refractivity contribution >= 4 is 21.9 Å². The zero-order valence-electron chi connectivity index (χ0n) is 27.8. The van der Waals surface area contributed by atoms with Crippen LogP contribution in [0.2, 0.25) is 0 Å². The van der Waals surface area contributed by atoms with Crippen molar-refractivity contribution in [1.82, 2.24) is 15.0 Å². The van der Waals surface area contributed by atoms with Gasteiger partial charge in [-0.1, -0.05) is 133 Å². The number of rotatable bonds is 5. The quantitative estimate of drug-likeness (QED) is 0.212. The summed E-state index contributed by atoms with van der Waals surface area (Å²) in [5.41, 5.74) is 6.64. The number of hydrogen-bond donors (Lipinski definition) is 0. The van der Waals surface area contributed by atoms with Crippen LogP contribution in [-0.4, -0.2) is 15.0 Å². The van der Waals surface area contributed by atoms with Gasteiger partial charge in [0.1, 0.15) is 11.2 Å². The number of hydrogen-bond acceptors (Lipinski definition) is 4. The molecular weight excluding hydrogens is 526 g/mol. The summed E-state index contributed by atoms with van der Waals surface area (Å²) in [7, 11) is 0. The van der Waals surface area contributed by atoms with Crippen molar-refractivity contribution in [2.45, 2.75) is 0 Å². The topological polar surface area (TPSA) is 51.8 Å². The Kier molecular flexibility index (Phi) is 4.91. The second-order valence-corrected chi connectivity index (χ2v) is 10.1. The van der Waals surface area contributed by atoms with E-state index in [1.807, 2.05) is 78.9 Å². The van der Waals surface area contributed by atoms with Crippen molar-refractivity contribution in [2.75, 3.05) is 0 Å². The molecule has 8 aromatic rings. The summed E-state index contributed by atoms with van der Waals surface area (Å²) >= 11 is 0. The van der Waals surface area contributed by atoms with Crippen LogP contribution in [0, 0.1) is 0 Å². The van der Waals surface area contributed by atoms with E-state index in [0.29, 0.717) is 28.6 Å². The van der Waals surface area contributed by atoms with E-state index >= 15 is 0 Å². The predicted molar refractivity (Wildman–Crippen MR) is 174 cm³/mol. The highest BCUT2D eigenvalue weighted by Gasteiger charge is 2.16. The van der Waals surface area contributed by atoms with Gasteiger partial charge in [0.05, 0.1) is 6.85 Å². The molecule has 0 aliphatic carbocycles. The van der Waals surface area contributed by atoms with Crippen molar-refractivity contribution < 1.29 is 11.3 Å². The van der Waals surface area contributed by atoms with Crippen LogP contribution in [0.25, 0.3) is 78.4 Å². The lowest BCUT2D eigenvalue weighted by Gasteiger charge is -2.09. The number of fused-ring (bicyclic) bond motifs is 3. The Hall–Kier alpha value is -5.87. The summed E-state index contributed by atoms with van der Waals surface area (Å²) < 4.78 is 47.2. The lowest BCUT2D eigenvalue weighted by Crippen LogP contribution is -2.00. The number of nitrogens with zero attached hydrogens (tertiary/aromatic N) is 3. The van der Waals surface area contributed by atoms with Gasteiger partial charge < -0.3 is 4.42 Å². The molecule has 0 saturated heterocycles. The first-order valence-corrected chi connectivity index (χ1v) is 13.9. The highest BCUT2D eigenvalue weighted by molar-refractivity contribution is 6.12. The van der Waals surface area contributed by atoms with Crippen LogP contribution in [0.4, 0.5) is 0 Å². The molecule has 2 heterocycles. The number of furan rings is 1. The zero-order chi connectivity index (χ0) is 32.9. The molecule has 0 atom stereocenters. The van der Waals surface area contributed by atoms with Crippen molar-refractivity contribution in [3.63, 3.8) is 0 Å². The third kappa shape index (κ3) is 4.65. The molecule has 202 valence electrons. The lowest BCUT2D eigenvalue weighted by molar-refractivity contribution is 0.669. The van der Waals surface area contributed by atoms with Crippen molar-refractivity contribution in [3.8, 4) is 56.4 Å². The molecule has 0 spiro atoms. The van der Waals surface area contributed by atoms with E-state index in [4.69, 9.17) is 26.2 Å². The monoisotopic (exact) mass is 556 g/mol. The minimum absolute atomic E-state index is 0.142. The molecule has 0 aliphatic heterocycles. The molecule has 0 fully saturated rings. The Labute approximate surface area is 256 Å². The molecule has 6 aromatic carbocycles. The fraction of sp³-hybridized carbons (Fsp3) is 0. The molecule has 0 radical (unpaired) electrons. The van der Waals surface area contributed by atoms with E-state index in [0.717, 1.165) is 44.2 Å². The third-order valence-electron chi connectivity index (χ3n) is 7.44. The summed E-state index contributed by atoms with van der Waals surface area (Å²) in [5.74, 6) is 1.41. The van der Waals surface area contributed by atoms with Crippen LogP contribution in [0.1, 0.15) is 6.85 Å². The van der Waals surface area contributed by atoms with Gasteiger partial charge in [-0.25, -0.2) is 15.0 Å². The second kappa shape index (κ2) is 10.5. The summed E-state index contributed by atoms with van der Waals surface area (Å²) in [6, 6.07) is 37.4. The van der Waals surface area contributed by atoms with Gasteiger partial charge in [-0.2, -0.15) is 0 Å². The Morgan fingerprint density at radius 2 is 1.02 bits per heavy atom. The normalized spacial score (nSPS) is 12.9. The molecule has 8 rings (SSSR count). The van der Waals surface area contributed by atoms with Gasteiger partial charge in [-0.05, 0) is 40.5 Å². The van der Waals surface area contributed by atoms with E-state index in [1.165, 1.54) is 0 Å². The molecule has 0 N–H and O–H groups in total. The van der Waals surface area contributed by atoms with Crippen LogP contribution in [0.5, 0.6) is 0 Å². The Morgan fingerprint density at radius 3 is 1.72 bits per heavy atom. The minimum Gasteiger partial charge on any atom is -0.456 e. The molecule has 0 aliphatic rings. The van der Waals surface area contributed by atoms with E-state index in [9.17, 15) is 0 Å². The summed E-state index contributed by atoms with van der Waals surface area (Å²) in [4.78, 5) is 14.6. The van der Waals surface area contributed by atoms with Crippen LogP contribution in [0.15, 0.2) is 156 Å². The first-order chi connectivity index (χ1) is 23.4. The van der Waals surface area contributed by atoms with Gasteiger partial charge in [0, 0.05) is 27.5 Å². The number of benzene rings is 6. The van der Waals surface area contributed by atoms with Crippen LogP contribution in [-0.2, 0) is 0 Å². The molecule has 4 nitrogen and oxygen atoms in total. The first-order valence-electron chi connectivity index (χ1n) is 16.4. The van der Waals surface area contributed by atoms with Gasteiger partial charge in [-0.15, -0.1) is 0 Å². The van der Waals surface area contributed by atoms with Crippen molar-refractivity contribution in [1.29, 1.82) is 0 Å². The minimum atomic E-state index is -0.422. The largest absolute Gasteiger partial charge is 0.456 e. The first kappa shape index (κ1) is 20.1. The maximum atomic E-state index is 8.37. The SMILES string of the molecule is [2H]c1c([2H])c([2H])c(-c2ccc(-c3nc(-c4ccccc4)nc(-c4ccc5c(c4)oc4cccc(-c6ccccc6)c45)n3)cc2)c([2H])c1[2H]. The van der Waals surface area contributed by atoms with Gasteiger partial charge in [0.25, 0.3) is 0 Å². The van der Waals surface area contributed by atoms with Crippen LogP contribution >= 0.6 is 0 Å². The second-order valence-electron chi connectivity index (χ2n) is 10.1. The standard InChI is InChI=1S/C39H25N3O/c1-4-11-26(12-5-1)27-19-21-30(22-20-27)38-40-37(29-15-8-3-9-16-29)41-39(42-38)31-23-24-33-35(25-31)43-34-18-10-17-32(36(33)34)28-13-6-2-7-14-28/h1-25H/i1D,4D,5D,11D,12D. The molecule has 4 heteroatoms. The predicted octanol–water partition coefficient (Wildman–Crippen LogP) is 10.1. The smallest absolute Gasteiger partial charge is 0.164 e. The Morgan fingerprint density at radius 1 is 0.442 bits per heavy atom. The number of aromatic nitrogens is 3. The molecule has 43 heavy (non-hydrogen) atoms.